The predicted octanol–water partition coefficient (Wildman–Crippen LogP) is 2.52. The number of hydrogen-bond acceptors (Lipinski definition) is 4. The van der Waals surface area contributed by atoms with Gasteiger partial charge in [0.2, 0.25) is 0 Å². The van der Waals surface area contributed by atoms with Crippen molar-refractivity contribution in [2.45, 2.75) is 57.1 Å². The molecule has 4 nitrogen and oxygen atoms in total. The van der Waals surface area contributed by atoms with Gasteiger partial charge in [0.15, 0.2) is 0 Å². The van der Waals surface area contributed by atoms with Crippen molar-refractivity contribution < 1.29 is 14.6 Å². The number of rotatable bonds is 8. The number of ether oxygens (including phenoxy) is 1. The molecule has 0 aromatic heterocycles. The van der Waals surface area contributed by atoms with Gasteiger partial charge in [-0.2, -0.15) is 11.8 Å². The van der Waals surface area contributed by atoms with E-state index in [1.165, 1.54) is 12.8 Å². The van der Waals surface area contributed by atoms with Gasteiger partial charge < -0.3 is 15.2 Å². The third kappa shape index (κ3) is 3.68. The van der Waals surface area contributed by atoms with Crippen molar-refractivity contribution in [2.75, 3.05) is 24.7 Å². The highest BCUT2D eigenvalue weighted by Gasteiger charge is 2.48. The average Bonchev–Trinajstić information content (AvgIpc) is 3.05. The molecule has 0 radical (unpaired) electrons. The monoisotopic (exact) mass is 301 g/mol. The fourth-order valence-electron chi connectivity index (χ4n) is 3.59. The predicted molar refractivity (Wildman–Crippen MR) is 82.3 cm³/mol. The van der Waals surface area contributed by atoms with E-state index in [1.807, 2.05) is 18.7 Å². The molecule has 1 heterocycles. The first-order valence-corrected chi connectivity index (χ1v) is 9.02. The Morgan fingerprint density at radius 2 is 2.30 bits per heavy atom. The molecule has 0 amide bonds. The lowest BCUT2D eigenvalue weighted by Gasteiger charge is -2.32. The molecular weight excluding hydrogens is 274 g/mol. The van der Waals surface area contributed by atoms with E-state index >= 15 is 0 Å². The summed E-state index contributed by atoms with van der Waals surface area (Å²) in [6.07, 6.45) is 6.65. The van der Waals surface area contributed by atoms with Gasteiger partial charge in [-0.15, -0.1) is 0 Å². The molecule has 1 saturated carbocycles. The number of carbonyl (C=O) groups is 1. The van der Waals surface area contributed by atoms with Crippen LogP contribution in [0, 0.1) is 5.92 Å². The number of carboxylic acids is 1. The summed E-state index contributed by atoms with van der Waals surface area (Å²) in [4.78, 5) is 11.7. The van der Waals surface area contributed by atoms with Crippen LogP contribution in [0.1, 0.15) is 45.4 Å². The molecule has 1 aliphatic heterocycles. The Bertz CT molecular complexity index is 320. The smallest absolute Gasteiger partial charge is 0.324 e. The minimum absolute atomic E-state index is 0.275. The van der Waals surface area contributed by atoms with E-state index in [1.54, 1.807) is 0 Å². The van der Waals surface area contributed by atoms with E-state index in [9.17, 15) is 9.90 Å². The van der Waals surface area contributed by atoms with Crippen LogP contribution in [-0.2, 0) is 9.53 Å². The first-order valence-electron chi connectivity index (χ1n) is 7.87. The molecule has 0 aromatic rings. The third-order valence-electron chi connectivity index (χ3n) is 4.63. The van der Waals surface area contributed by atoms with Gasteiger partial charge in [0.1, 0.15) is 5.54 Å². The maximum absolute atomic E-state index is 11.7. The molecule has 1 aliphatic carbocycles. The second kappa shape index (κ2) is 7.66. The maximum atomic E-state index is 11.7. The van der Waals surface area contributed by atoms with E-state index in [-0.39, 0.29) is 5.92 Å². The zero-order chi connectivity index (χ0) is 14.4. The Morgan fingerprint density at radius 1 is 1.45 bits per heavy atom. The van der Waals surface area contributed by atoms with Crippen LogP contribution in [0.25, 0.3) is 0 Å². The number of hydrogen-bond donors (Lipinski definition) is 2. The summed E-state index contributed by atoms with van der Waals surface area (Å²) in [6, 6.07) is 0. The van der Waals surface area contributed by atoms with Crippen molar-refractivity contribution in [3.8, 4) is 0 Å². The average molecular weight is 301 g/mol. The number of nitrogens with one attached hydrogen (secondary N) is 1. The highest BCUT2D eigenvalue weighted by Crippen LogP contribution is 2.39. The Balaban J connectivity index is 1.76. The Kier molecular flexibility index (Phi) is 6.18. The van der Waals surface area contributed by atoms with E-state index in [2.05, 4.69) is 5.32 Å². The molecule has 0 spiro atoms. The summed E-state index contributed by atoms with van der Waals surface area (Å²) in [5.74, 6) is 1.72. The SMILES string of the molecule is CCNC1(C(=O)O)CCCC1CCSCC1CCCO1. The molecule has 0 bridgehead atoms. The van der Waals surface area contributed by atoms with E-state index < -0.39 is 11.5 Å². The minimum atomic E-state index is -0.667. The highest BCUT2D eigenvalue weighted by atomic mass is 32.2. The minimum Gasteiger partial charge on any atom is -0.480 e. The normalized spacial score (nSPS) is 33.6. The Labute approximate surface area is 126 Å². The van der Waals surface area contributed by atoms with Crippen LogP contribution in [0.2, 0.25) is 0 Å². The first-order chi connectivity index (χ1) is 9.69. The number of carboxylic acid groups (broad SMARTS) is 1. The van der Waals surface area contributed by atoms with Crippen molar-refractivity contribution in [3.05, 3.63) is 0 Å². The Morgan fingerprint density at radius 3 is 2.95 bits per heavy atom. The molecule has 2 rings (SSSR count). The largest absolute Gasteiger partial charge is 0.480 e. The van der Waals surface area contributed by atoms with E-state index in [0.29, 0.717) is 6.10 Å². The molecule has 2 N–H and O–H groups in total. The standard InChI is InChI=1S/C15H27NO3S/c1-2-16-15(14(17)18)8-3-5-12(15)7-10-20-11-13-6-4-9-19-13/h12-13,16H,2-11H2,1H3,(H,17,18). The summed E-state index contributed by atoms with van der Waals surface area (Å²) < 4.78 is 5.62. The summed E-state index contributed by atoms with van der Waals surface area (Å²) >= 11 is 1.92. The van der Waals surface area contributed by atoms with Crippen LogP contribution >= 0.6 is 11.8 Å². The van der Waals surface area contributed by atoms with Gasteiger partial charge in [-0.05, 0) is 50.3 Å². The van der Waals surface area contributed by atoms with E-state index in [4.69, 9.17) is 4.74 Å². The fraction of sp³-hybridized carbons (Fsp3) is 0.933. The van der Waals surface area contributed by atoms with E-state index in [0.717, 1.165) is 50.3 Å². The molecule has 3 unspecified atom stereocenters. The lowest BCUT2D eigenvalue weighted by atomic mass is 9.85. The number of thioether (sulfide) groups is 1. The van der Waals surface area contributed by atoms with Crippen LogP contribution in [0.5, 0.6) is 0 Å². The molecule has 0 aromatic carbocycles. The van der Waals surface area contributed by atoms with Gasteiger partial charge in [0, 0.05) is 12.4 Å². The van der Waals surface area contributed by atoms with Gasteiger partial charge in [-0.25, -0.2) is 0 Å². The Hall–Kier alpha value is -0.260. The summed E-state index contributed by atoms with van der Waals surface area (Å²) in [5.41, 5.74) is -0.667. The summed E-state index contributed by atoms with van der Waals surface area (Å²) in [7, 11) is 0. The van der Waals surface area contributed by atoms with Gasteiger partial charge in [0.05, 0.1) is 6.10 Å². The van der Waals surface area contributed by atoms with Gasteiger partial charge in [-0.3, -0.25) is 4.79 Å². The lowest BCUT2D eigenvalue weighted by molar-refractivity contribution is -0.146. The van der Waals surface area contributed by atoms with Crippen molar-refractivity contribution in [3.63, 3.8) is 0 Å². The zero-order valence-corrected chi connectivity index (χ0v) is 13.2. The molecule has 5 heteroatoms. The van der Waals surface area contributed by atoms with Crippen LogP contribution in [0.15, 0.2) is 0 Å². The van der Waals surface area contributed by atoms with Crippen LogP contribution < -0.4 is 5.32 Å². The second-order valence-corrected chi connectivity index (χ2v) is 7.04. The summed E-state index contributed by atoms with van der Waals surface area (Å²) in [5, 5.41) is 12.9. The first kappa shape index (κ1) is 16.1. The molecular formula is C15H27NO3S. The lowest BCUT2D eigenvalue weighted by Crippen LogP contribution is -2.54. The molecule has 116 valence electrons. The zero-order valence-electron chi connectivity index (χ0n) is 12.4. The number of likely N-dealkylation sites (N-methyl/N-ethyl adjacent to an activating group) is 1. The third-order valence-corrected chi connectivity index (χ3v) is 5.76. The van der Waals surface area contributed by atoms with Gasteiger partial charge >= 0.3 is 5.97 Å². The quantitative estimate of drug-likeness (QED) is 0.675. The van der Waals surface area contributed by atoms with Crippen molar-refractivity contribution >= 4 is 17.7 Å². The maximum Gasteiger partial charge on any atom is 0.324 e. The second-order valence-electron chi connectivity index (χ2n) is 5.89. The van der Waals surface area contributed by atoms with Crippen molar-refractivity contribution in [2.24, 2.45) is 5.92 Å². The molecule has 2 aliphatic rings. The van der Waals surface area contributed by atoms with Crippen LogP contribution in [-0.4, -0.2) is 47.4 Å². The molecule has 1 saturated heterocycles. The summed E-state index contributed by atoms with van der Waals surface area (Å²) in [6.45, 7) is 3.63. The highest BCUT2D eigenvalue weighted by molar-refractivity contribution is 7.99. The number of aliphatic carboxylic acids is 1. The van der Waals surface area contributed by atoms with Gasteiger partial charge in [0.25, 0.3) is 0 Å². The fourth-order valence-corrected chi connectivity index (χ4v) is 4.73. The van der Waals surface area contributed by atoms with Crippen molar-refractivity contribution in [1.82, 2.24) is 5.32 Å². The van der Waals surface area contributed by atoms with Crippen LogP contribution in [0.3, 0.4) is 0 Å². The van der Waals surface area contributed by atoms with Crippen molar-refractivity contribution in [1.29, 1.82) is 0 Å². The van der Waals surface area contributed by atoms with Gasteiger partial charge in [-0.1, -0.05) is 13.3 Å². The topological polar surface area (TPSA) is 58.6 Å². The molecule has 3 atom stereocenters. The molecule has 20 heavy (non-hydrogen) atoms. The van der Waals surface area contributed by atoms with Crippen LogP contribution in [0.4, 0.5) is 0 Å². The molecule has 2 fully saturated rings.